The first-order valence-corrected chi connectivity index (χ1v) is 13.7. The zero-order valence-electron chi connectivity index (χ0n) is 24.3. The Bertz CT molecular complexity index is 1410. The molecule has 1 amide bonds. The van der Waals surface area contributed by atoms with Gasteiger partial charge in [-0.25, -0.2) is 14.2 Å². The Balaban J connectivity index is 1.35. The number of nitrogens with one attached hydrogen (secondary N) is 1. The van der Waals surface area contributed by atoms with E-state index in [4.69, 9.17) is 9.72 Å². The van der Waals surface area contributed by atoms with Crippen molar-refractivity contribution in [2.75, 3.05) is 43.1 Å². The van der Waals surface area contributed by atoms with Crippen LogP contribution in [0.15, 0.2) is 53.9 Å². The summed E-state index contributed by atoms with van der Waals surface area (Å²) in [5.41, 5.74) is 3.70. The third kappa shape index (κ3) is 4.82. The van der Waals surface area contributed by atoms with E-state index in [1.54, 1.807) is 12.1 Å². The monoisotopic (exact) mass is 547 g/mol. The summed E-state index contributed by atoms with van der Waals surface area (Å²) < 4.78 is 18.9. The molecule has 0 bridgehead atoms. The van der Waals surface area contributed by atoms with Gasteiger partial charge in [-0.3, -0.25) is 4.79 Å². The lowest BCUT2D eigenvalue weighted by molar-refractivity contribution is -0.133. The number of ether oxygens (including phenoxy) is 1. The maximum Gasteiger partial charge on any atom is 0.339 e. The predicted molar refractivity (Wildman–Crippen MR) is 154 cm³/mol. The Morgan fingerprint density at radius 1 is 1.07 bits per heavy atom. The van der Waals surface area contributed by atoms with Crippen LogP contribution in [0.25, 0.3) is 0 Å². The van der Waals surface area contributed by atoms with E-state index in [1.807, 2.05) is 43.0 Å². The van der Waals surface area contributed by atoms with Gasteiger partial charge in [0.05, 0.1) is 29.9 Å². The molecule has 8 nitrogen and oxygen atoms in total. The standard InChI is InChI=1S/C31H38FN5O3/c1-19-15-25(33-20(2)26(19)29(39)40-7)35-13-14-37(31(5,6)18-35)28(38)23-11-12-24-27(34-23)30(3,4)17-36(24)22-10-8-9-21(32)16-22/h8-12,15-16,27,34H,13-14,17-18H2,1-7H3. The van der Waals surface area contributed by atoms with Gasteiger partial charge in [0.2, 0.25) is 0 Å². The average molecular weight is 548 g/mol. The predicted octanol–water partition coefficient (Wildman–Crippen LogP) is 4.34. The van der Waals surface area contributed by atoms with Gasteiger partial charge in [0, 0.05) is 43.0 Å². The van der Waals surface area contributed by atoms with Crippen LogP contribution in [-0.2, 0) is 9.53 Å². The van der Waals surface area contributed by atoms with E-state index < -0.39 is 5.54 Å². The van der Waals surface area contributed by atoms with Gasteiger partial charge >= 0.3 is 5.97 Å². The molecule has 1 N–H and O–H groups in total. The first-order valence-electron chi connectivity index (χ1n) is 13.7. The number of carbonyl (C=O) groups is 2. The number of pyridine rings is 1. The SMILES string of the molecule is COC(=O)c1c(C)cc(N2CCN(C(=O)C3=CC=C4C(N3)C(C)(C)CN4c3cccc(F)c3)C(C)(C)C2)nc1C. The largest absolute Gasteiger partial charge is 0.465 e. The topological polar surface area (TPSA) is 78.0 Å². The van der Waals surface area contributed by atoms with Gasteiger partial charge in [-0.15, -0.1) is 0 Å². The fourth-order valence-corrected chi connectivity index (χ4v) is 6.25. The van der Waals surface area contributed by atoms with Gasteiger partial charge in [0.15, 0.2) is 0 Å². The van der Waals surface area contributed by atoms with Crippen molar-refractivity contribution in [1.82, 2.24) is 15.2 Å². The number of allylic oxidation sites excluding steroid dienone is 2. The number of aromatic nitrogens is 1. The molecule has 1 aromatic heterocycles. The van der Waals surface area contributed by atoms with Crippen LogP contribution < -0.4 is 15.1 Å². The summed E-state index contributed by atoms with van der Waals surface area (Å²) >= 11 is 0. The van der Waals surface area contributed by atoms with Crippen molar-refractivity contribution in [2.24, 2.45) is 5.41 Å². The molecule has 2 aromatic rings. The number of nitrogens with zero attached hydrogens (tertiary/aromatic N) is 4. The number of methoxy groups -OCH3 is 1. The summed E-state index contributed by atoms with van der Waals surface area (Å²) in [6.07, 6.45) is 3.85. The highest BCUT2D eigenvalue weighted by Crippen LogP contribution is 2.42. The number of carbonyl (C=O) groups excluding carboxylic acids is 2. The summed E-state index contributed by atoms with van der Waals surface area (Å²) in [6, 6.07) is 8.47. The summed E-state index contributed by atoms with van der Waals surface area (Å²) in [6.45, 7) is 14.6. The maximum absolute atomic E-state index is 14.0. The quantitative estimate of drug-likeness (QED) is 0.571. The van der Waals surface area contributed by atoms with Crippen molar-refractivity contribution in [1.29, 1.82) is 0 Å². The highest BCUT2D eigenvalue weighted by Gasteiger charge is 2.47. The van der Waals surface area contributed by atoms with Crippen molar-refractivity contribution in [2.45, 2.75) is 53.1 Å². The molecule has 2 saturated heterocycles. The normalized spacial score (nSPS) is 21.3. The van der Waals surface area contributed by atoms with Crippen molar-refractivity contribution in [3.05, 3.63) is 76.5 Å². The highest BCUT2D eigenvalue weighted by molar-refractivity contribution is 5.95. The fraction of sp³-hybridized carbons (Fsp3) is 0.452. The van der Waals surface area contributed by atoms with E-state index in [0.717, 1.165) is 22.8 Å². The second-order valence-electron chi connectivity index (χ2n) is 12.2. The van der Waals surface area contributed by atoms with E-state index in [9.17, 15) is 14.0 Å². The first kappa shape index (κ1) is 27.7. The van der Waals surface area contributed by atoms with E-state index in [1.165, 1.54) is 13.2 Å². The van der Waals surface area contributed by atoms with Gasteiger partial charge in [-0.2, -0.15) is 0 Å². The number of hydrogen-bond donors (Lipinski definition) is 1. The lowest BCUT2D eigenvalue weighted by Crippen LogP contribution is -2.62. The zero-order valence-corrected chi connectivity index (χ0v) is 24.3. The average Bonchev–Trinajstić information content (AvgIpc) is 3.17. The molecule has 40 heavy (non-hydrogen) atoms. The Kier molecular flexibility index (Phi) is 6.88. The highest BCUT2D eigenvalue weighted by atomic mass is 19.1. The van der Waals surface area contributed by atoms with Crippen LogP contribution in [0.1, 0.15) is 49.3 Å². The lowest BCUT2D eigenvalue weighted by atomic mass is 9.85. The number of halogens is 1. The van der Waals surface area contributed by atoms with Crippen LogP contribution in [-0.4, -0.2) is 66.6 Å². The minimum atomic E-state index is -0.467. The number of benzene rings is 1. The maximum atomic E-state index is 14.0. The first-order chi connectivity index (χ1) is 18.8. The van der Waals surface area contributed by atoms with Gasteiger partial charge < -0.3 is 24.8 Å². The molecule has 212 valence electrons. The molecular formula is C31H38FN5O3. The van der Waals surface area contributed by atoms with Crippen molar-refractivity contribution in [3.8, 4) is 0 Å². The molecule has 0 spiro atoms. The molecule has 3 aliphatic rings. The lowest BCUT2D eigenvalue weighted by Gasteiger charge is -2.48. The van der Waals surface area contributed by atoms with E-state index in [-0.39, 0.29) is 29.2 Å². The minimum Gasteiger partial charge on any atom is -0.465 e. The van der Waals surface area contributed by atoms with Gasteiger partial charge in [0.1, 0.15) is 17.3 Å². The molecule has 0 radical (unpaired) electrons. The number of esters is 1. The van der Waals surface area contributed by atoms with Crippen LogP contribution in [0.4, 0.5) is 15.9 Å². The Morgan fingerprint density at radius 2 is 1.82 bits per heavy atom. The third-order valence-electron chi connectivity index (χ3n) is 8.27. The second-order valence-corrected chi connectivity index (χ2v) is 12.2. The van der Waals surface area contributed by atoms with Crippen LogP contribution >= 0.6 is 0 Å². The number of dihydropyridines is 1. The van der Waals surface area contributed by atoms with Crippen LogP contribution in [0.2, 0.25) is 0 Å². The molecule has 3 aliphatic heterocycles. The minimum absolute atomic E-state index is 0.0404. The van der Waals surface area contributed by atoms with E-state index >= 15 is 0 Å². The van der Waals surface area contributed by atoms with E-state index in [0.29, 0.717) is 43.1 Å². The summed E-state index contributed by atoms with van der Waals surface area (Å²) in [4.78, 5) is 37.0. The van der Waals surface area contributed by atoms with Gasteiger partial charge in [0.25, 0.3) is 5.91 Å². The number of anilines is 2. The number of rotatable bonds is 4. The van der Waals surface area contributed by atoms with E-state index in [2.05, 4.69) is 42.8 Å². The molecule has 1 atom stereocenters. The molecule has 1 unspecified atom stereocenters. The molecule has 1 aromatic carbocycles. The van der Waals surface area contributed by atoms with Crippen molar-refractivity contribution >= 4 is 23.4 Å². The fourth-order valence-electron chi connectivity index (χ4n) is 6.25. The number of aryl methyl sites for hydroxylation is 2. The van der Waals surface area contributed by atoms with Crippen LogP contribution in [0.5, 0.6) is 0 Å². The Morgan fingerprint density at radius 3 is 2.48 bits per heavy atom. The summed E-state index contributed by atoms with van der Waals surface area (Å²) in [7, 11) is 1.37. The molecule has 5 rings (SSSR count). The van der Waals surface area contributed by atoms with Crippen LogP contribution in [0.3, 0.4) is 0 Å². The number of amides is 1. The number of piperazine rings is 1. The van der Waals surface area contributed by atoms with Gasteiger partial charge in [-0.1, -0.05) is 19.9 Å². The molecular weight excluding hydrogens is 509 g/mol. The van der Waals surface area contributed by atoms with Crippen molar-refractivity contribution in [3.63, 3.8) is 0 Å². The summed E-state index contributed by atoms with van der Waals surface area (Å²) in [5, 5.41) is 3.53. The summed E-state index contributed by atoms with van der Waals surface area (Å²) in [5.74, 6) is 0.0902. The molecule has 0 aliphatic carbocycles. The van der Waals surface area contributed by atoms with Gasteiger partial charge in [-0.05, 0) is 69.7 Å². The number of fused-ring (bicyclic) bond motifs is 1. The number of hydrogen-bond acceptors (Lipinski definition) is 7. The van der Waals surface area contributed by atoms with Crippen LogP contribution in [0, 0.1) is 25.1 Å². The Hall–Kier alpha value is -3.88. The third-order valence-corrected chi connectivity index (χ3v) is 8.27. The molecule has 4 heterocycles. The zero-order chi connectivity index (χ0) is 29.0. The molecule has 2 fully saturated rings. The second kappa shape index (κ2) is 9.94. The molecule has 9 heteroatoms. The molecule has 0 saturated carbocycles. The van der Waals surface area contributed by atoms with Crippen molar-refractivity contribution < 1.29 is 18.7 Å². The Labute approximate surface area is 235 Å². The smallest absolute Gasteiger partial charge is 0.339 e.